The van der Waals surface area contributed by atoms with E-state index in [4.69, 9.17) is 27.1 Å². The summed E-state index contributed by atoms with van der Waals surface area (Å²) in [5.74, 6) is -0.846. The molecule has 4 amide bonds. The average molecular weight is 623 g/mol. The van der Waals surface area contributed by atoms with Crippen LogP contribution in [-0.2, 0) is 9.59 Å². The molecule has 3 heterocycles. The predicted octanol–water partition coefficient (Wildman–Crippen LogP) is 4.13. The minimum absolute atomic E-state index is 0.102. The first-order valence-electron chi connectivity index (χ1n) is 13.6. The summed E-state index contributed by atoms with van der Waals surface area (Å²) in [7, 11) is 0. The van der Waals surface area contributed by atoms with Crippen molar-refractivity contribution >= 4 is 52.4 Å². The molecule has 2 aliphatic rings. The van der Waals surface area contributed by atoms with E-state index < -0.39 is 41.8 Å². The average Bonchev–Trinajstić information content (AvgIpc) is 3.60. The molecule has 0 aliphatic carbocycles. The molecule has 2 atom stereocenters. The van der Waals surface area contributed by atoms with Gasteiger partial charge in [-0.1, -0.05) is 29.8 Å². The Balaban J connectivity index is 1.69. The molecule has 2 aromatic carbocycles. The number of Topliss-reactive ketones (excluding diaryl/α,β-unsaturated/α-hetero) is 1. The van der Waals surface area contributed by atoms with Crippen LogP contribution in [0.3, 0.4) is 0 Å². The van der Waals surface area contributed by atoms with Gasteiger partial charge in [0.05, 0.1) is 22.4 Å². The van der Waals surface area contributed by atoms with Crippen LogP contribution in [0.25, 0.3) is 0 Å². The molecule has 0 unspecified atom stereocenters. The number of aromatic nitrogens is 1. The van der Waals surface area contributed by atoms with Crippen LogP contribution in [-0.4, -0.2) is 69.5 Å². The van der Waals surface area contributed by atoms with Crippen molar-refractivity contribution in [2.45, 2.75) is 44.9 Å². The molecule has 0 spiro atoms. The highest BCUT2D eigenvalue weighted by Crippen LogP contribution is 2.46. The van der Waals surface area contributed by atoms with Gasteiger partial charge < -0.3 is 20.7 Å². The van der Waals surface area contributed by atoms with E-state index in [2.05, 4.69) is 10.3 Å². The van der Waals surface area contributed by atoms with Crippen molar-refractivity contribution in [2.75, 3.05) is 19.6 Å². The second-order valence-electron chi connectivity index (χ2n) is 11.2. The number of urea groups is 1. The summed E-state index contributed by atoms with van der Waals surface area (Å²) >= 11 is 7.59. The molecular formula is C30H31ClN6O5S. The van der Waals surface area contributed by atoms with Gasteiger partial charge >= 0.3 is 6.03 Å². The third-order valence-corrected chi connectivity index (χ3v) is 7.93. The summed E-state index contributed by atoms with van der Waals surface area (Å²) < 4.78 is 6.32. The summed E-state index contributed by atoms with van der Waals surface area (Å²) in [6.45, 7) is 6.12. The van der Waals surface area contributed by atoms with Crippen LogP contribution in [0.1, 0.15) is 65.6 Å². The fourth-order valence-electron chi connectivity index (χ4n) is 5.03. The summed E-state index contributed by atoms with van der Waals surface area (Å²) in [4.78, 5) is 64.2. The number of hydrogen-bond donors (Lipinski definition) is 2. The lowest BCUT2D eigenvalue weighted by Crippen LogP contribution is -2.55. The van der Waals surface area contributed by atoms with Crippen LogP contribution in [0.15, 0.2) is 59.2 Å². The summed E-state index contributed by atoms with van der Waals surface area (Å²) in [5.41, 5.74) is 7.79. The number of carbonyl (C=O) groups is 4. The van der Waals surface area contributed by atoms with E-state index in [9.17, 15) is 19.2 Å². The van der Waals surface area contributed by atoms with Crippen molar-refractivity contribution < 1.29 is 23.9 Å². The highest BCUT2D eigenvalue weighted by molar-refractivity contribution is 7.09. The number of amidine groups is 1. The maximum atomic E-state index is 14.4. The molecule has 11 nitrogen and oxygen atoms in total. The number of ether oxygens (including phenoxy) is 1. The Bertz CT molecular complexity index is 1590. The zero-order valence-electron chi connectivity index (χ0n) is 23.9. The number of primary amides is 1. The molecule has 1 fully saturated rings. The number of nitrogens with one attached hydrogen (secondary N) is 1. The van der Waals surface area contributed by atoms with E-state index in [1.165, 1.54) is 16.2 Å². The van der Waals surface area contributed by atoms with Crippen molar-refractivity contribution in [1.29, 1.82) is 0 Å². The Kier molecular flexibility index (Phi) is 8.52. The highest BCUT2D eigenvalue weighted by Gasteiger charge is 2.46. The summed E-state index contributed by atoms with van der Waals surface area (Å²) in [6, 6.07) is 10.5. The van der Waals surface area contributed by atoms with E-state index in [0.717, 1.165) is 10.4 Å². The van der Waals surface area contributed by atoms with Crippen molar-refractivity contribution in [1.82, 2.24) is 20.1 Å². The molecule has 3 aromatic rings. The van der Waals surface area contributed by atoms with Crippen molar-refractivity contribution in [3.63, 3.8) is 0 Å². The quantitative estimate of drug-likeness (QED) is 0.299. The number of benzene rings is 2. The fourth-order valence-corrected chi connectivity index (χ4v) is 5.89. The lowest BCUT2D eigenvalue weighted by Gasteiger charge is -2.35. The number of nitrogens with two attached hydrogens (primary N) is 1. The monoisotopic (exact) mass is 622 g/mol. The van der Waals surface area contributed by atoms with Crippen LogP contribution >= 0.6 is 22.9 Å². The number of nitrogens with zero attached hydrogens (tertiary/aromatic N) is 4. The number of piperazine rings is 1. The van der Waals surface area contributed by atoms with Crippen molar-refractivity contribution in [3.8, 4) is 5.75 Å². The highest BCUT2D eigenvalue weighted by atomic mass is 35.5. The normalized spacial score (nSPS) is 18.7. The SMILES string of the molecule is CC(C)(C)Oc1cc(C(=O)CC(N)=O)ccc1C1=N[C@@H](c2ccc(Cl)cc2)[C@@H](c2cncs2)N1C(=O)N1CCNC(=O)C1. The number of thiazole rings is 1. The molecule has 2 aliphatic heterocycles. The van der Waals surface area contributed by atoms with Crippen LogP contribution < -0.4 is 15.8 Å². The van der Waals surface area contributed by atoms with E-state index in [1.54, 1.807) is 46.9 Å². The number of halogens is 1. The van der Waals surface area contributed by atoms with Crippen LogP contribution in [0.4, 0.5) is 4.79 Å². The van der Waals surface area contributed by atoms with Gasteiger partial charge in [0.2, 0.25) is 11.8 Å². The molecule has 13 heteroatoms. The third-order valence-electron chi connectivity index (χ3n) is 6.83. The maximum Gasteiger partial charge on any atom is 0.326 e. The fraction of sp³-hybridized carbons (Fsp3) is 0.333. The lowest BCUT2D eigenvalue weighted by atomic mass is 9.99. The molecule has 0 saturated carbocycles. The Morgan fingerprint density at radius 3 is 2.53 bits per heavy atom. The minimum Gasteiger partial charge on any atom is -0.487 e. The minimum atomic E-state index is -0.743. The van der Waals surface area contributed by atoms with Crippen molar-refractivity contribution in [2.24, 2.45) is 10.7 Å². The molecule has 0 radical (unpaired) electrons. The van der Waals surface area contributed by atoms with Gasteiger partial charge in [0.15, 0.2) is 5.78 Å². The zero-order valence-corrected chi connectivity index (χ0v) is 25.4. The van der Waals surface area contributed by atoms with Gasteiger partial charge in [0.1, 0.15) is 35.8 Å². The number of hydrogen-bond acceptors (Lipinski definition) is 8. The summed E-state index contributed by atoms with van der Waals surface area (Å²) in [5, 5.41) is 3.32. The van der Waals surface area contributed by atoms with Crippen LogP contribution in [0.2, 0.25) is 5.02 Å². The molecule has 5 rings (SSSR count). The van der Waals surface area contributed by atoms with E-state index in [1.807, 2.05) is 32.9 Å². The second-order valence-corrected chi connectivity index (χ2v) is 12.6. The van der Waals surface area contributed by atoms with Gasteiger partial charge in [-0.25, -0.2) is 4.79 Å². The molecule has 1 saturated heterocycles. The molecule has 224 valence electrons. The molecular weight excluding hydrogens is 592 g/mol. The van der Waals surface area contributed by atoms with Gasteiger partial charge in [-0.3, -0.25) is 29.3 Å². The van der Waals surface area contributed by atoms with Gasteiger partial charge in [-0.05, 0) is 50.6 Å². The predicted molar refractivity (Wildman–Crippen MR) is 162 cm³/mol. The Morgan fingerprint density at radius 2 is 1.91 bits per heavy atom. The maximum absolute atomic E-state index is 14.4. The topological polar surface area (TPSA) is 147 Å². The van der Waals surface area contributed by atoms with Crippen LogP contribution in [0.5, 0.6) is 5.75 Å². The number of carbonyl (C=O) groups excluding carboxylic acids is 4. The Labute approximate surface area is 257 Å². The van der Waals surface area contributed by atoms with Crippen LogP contribution in [0, 0.1) is 0 Å². The number of aliphatic imine (C=N–C) groups is 1. The number of ketones is 1. The second kappa shape index (κ2) is 12.1. The van der Waals surface area contributed by atoms with Crippen molar-refractivity contribution in [3.05, 3.63) is 80.8 Å². The van der Waals surface area contributed by atoms with Gasteiger partial charge in [-0.15, -0.1) is 11.3 Å². The molecule has 43 heavy (non-hydrogen) atoms. The first kappa shape index (κ1) is 30.2. The summed E-state index contributed by atoms with van der Waals surface area (Å²) in [6.07, 6.45) is 1.25. The Morgan fingerprint density at radius 1 is 1.16 bits per heavy atom. The molecule has 1 aromatic heterocycles. The van der Waals surface area contributed by atoms with E-state index in [0.29, 0.717) is 35.3 Å². The molecule has 0 bridgehead atoms. The van der Waals surface area contributed by atoms with Gasteiger partial charge in [0, 0.05) is 29.9 Å². The molecule has 3 N–H and O–H groups in total. The first-order chi connectivity index (χ1) is 20.4. The van der Waals surface area contributed by atoms with Gasteiger partial charge in [0.25, 0.3) is 0 Å². The Hall–Kier alpha value is -4.29. The van der Waals surface area contributed by atoms with E-state index >= 15 is 0 Å². The lowest BCUT2D eigenvalue weighted by molar-refractivity contribution is -0.123. The number of rotatable bonds is 7. The van der Waals surface area contributed by atoms with E-state index in [-0.39, 0.29) is 18.0 Å². The zero-order chi connectivity index (χ0) is 30.9. The largest absolute Gasteiger partial charge is 0.487 e. The van der Waals surface area contributed by atoms with Gasteiger partial charge in [-0.2, -0.15) is 0 Å². The smallest absolute Gasteiger partial charge is 0.326 e. The third kappa shape index (κ3) is 6.70. The number of amides is 4. The first-order valence-corrected chi connectivity index (χ1v) is 14.9. The standard InChI is InChI=1S/C30H31ClN6O5S/c1-30(2,3)42-22-12-18(21(38)13-24(32)39)6-9-20(22)28-35-26(17-4-7-19(31)8-5-17)27(23-14-33-16-43-23)37(28)29(41)36-11-10-34-25(40)15-36/h4-9,12,14,16,26-27H,10-11,13,15H2,1-3H3,(H2,32,39)(H,34,40)/t26-,27+/m0/s1.